The van der Waals surface area contributed by atoms with Crippen LogP contribution in [0, 0.1) is 0 Å². The van der Waals surface area contributed by atoms with Gasteiger partial charge in [-0.25, -0.2) is 0 Å². The fraction of sp³-hybridized carbons (Fsp3) is 0.615. The van der Waals surface area contributed by atoms with Gasteiger partial charge in [-0.1, -0.05) is 0 Å². The average Bonchev–Trinajstić information content (AvgIpc) is 2.46. The molecule has 0 spiro atoms. The molecule has 18 heavy (non-hydrogen) atoms. The van der Waals surface area contributed by atoms with E-state index in [0.717, 1.165) is 13.1 Å². The van der Waals surface area contributed by atoms with Crippen LogP contribution in [0.4, 0.5) is 4.79 Å². The molecule has 5 heteroatoms. The molecule has 2 aliphatic rings. The number of carbonyl (C=O) groups is 1. The number of carbonyl (C=O) groups excluding carboxylic acids is 1. The number of urea groups is 1. The molecule has 2 rings (SSSR count). The van der Waals surface area contributed by atoms with Crippen molar-refractivity contribution in [3.63, 3.8) is 0 Å². The second-order valence-electron chi connectivity index (χ2n) is 5.71. The van der Waals surface area contributed by atoms with Crippen LogP contribution in [0.2, 0.25) is 3.43 Å². The molecule has 2 aliphatic heterocycles. The molecule has 0 aliphatic carbocycles. The van der Waals surface area contributed by atoms with Gasteiger partial charge in [0, 0.05) is 0 Å². The first-order valence-electron chi connectivity index (χ1n) is 6.21. The summed E-state index contributed by atoms with van der Waals surface area (Å²) in [6.45, 7) is 12.5. The number of nitrogens with zero attached hydrogens (tertiary/aromatic N) is 2. The van der Waals surface area contributed by atoms with Gasteiger partial charge in [-0.15, -0.1) is 0 Å². The summed E-state index contributed by atoms with van der Waals surface area (Å²) in [7, 11) is 0. The third-order valence-electron chi connectivity index (χ3n) is 2.79. The molecule has 0 aromatic carbocycles. The summed E-state index contributed by atoms with van der Waals surface area (Å²) in [6.07, 6.45) is 3.93. The van der Waals surface area contributed by atoms with Gasteiger partial charge >= 0.3 is 119 Å². The van der Waals surface area contributed by atoms with Gasteiger partial charge in [-0.3, -0.25) is 0 Å². The minimum atomic E-state index is -0.619. The first-order valence-corrected chi connectivity index (χ1v) is 9.07. The second kappa shape index (κ2) is 5.25. The van der Waals surface area contributed by atoms with Crippen LogP contribution in [0.3, 0.4) is 0 Å². The number of hydrogen-bond acceptors (Lipinski definition) is 2. The van der Waals surface area contributed by atoms with Crippen LogP contribution < -0.4 is 0 Å². The summed E-state index contributed by atoms with van der Waals surface area (Å²) in [5.41, 5.74) is 0. The first kappa shape index (κ1) is 13.9. The summed E-state index contributed by atoms with van der Waals surface area (Å²) in [4.78, 5) is 19.4. The van der Waals surface area contributed by atoms with Gasteiger partial charge in [0.15, 0.2) is 0 Å². The molecule has 0 N–H and O–H groups in total. The van der Waals surface area contributed by atoms with Crippen LogP contribution in [0.15, 0.2) is 22.3 Å². The Morgan fingerprint density at radius 1 is 1.61 bits per heavy atom. The third kappa shape index (κ3) is 3.09. The Morgan fingerprint density at radius 3 is 2.94 bits per heavy atom. The van der Waals surface area contributed by atoms with Gasteiger partial charge in [0.25, 0.3) is 0 Å². The molecule has 2 radical (unpaired) electrons. The second-order valence-corrected chi connectivity index (χ2v) is 12.5. The van der Waals surface area contributed by atoms with E-state index in [4.69, 9.17) is 4.84 Å². The van der Waals surface area contributed by atoms with Crippen molar-refractivity contribution in [2.24, 2.45) is 0 Å². The SMILES string of the molecule is C=CCON1C(=O)N2C[C]([Sn][C](C)(C)C)=CC1C2. The van der Waals surface area contributed by atoms with E-state index in [2.05, 4.69) is 33.4 Å². The molecule has 4 nitrogen and oxygen atoms in total. The number of fused-ring (bicyclic) bond motifs is 2. The average molecular weight is 355 g/mol. The summed E-state index contributed by atoms with van der Waals surface area (Å²) in [5.74, 6) is 0. The van der Waals surface area contributed by atoms with Crippen molar-refractivity contribution in [3.05, 3.63) is 22.3 Å². The zero-order valence-corrected chi connectivity index (χ0v) is 14.1. The van der Waals surface area contributed by atoms with Crippen molar-refractivity contribution in [2.75, 3.05) is 19.7 Å². The van der Waals surface area contributed by atoms with E-state index in [0.29, 0.717) is 10.0 Å². The number of amides is 2. The van der Waals surface area contributed by atoms with E-state index in [-0.39, 0.29) is 12.1 Å². The van der Waals surface area contributed by atoms with Crippen LogP contribution in [-0.2, 0) is 4.84 Å². The van der Waals surface area contributed by atoms with Gasteiger partial charge in [0.05, 0.1) is 0 Å². The van der Waals surface area contributed by atoms with Gasteiger partial charge in [0.1, 0.15) is 0 Å². The first-order chi connectivity index (χ1) is 8.40. The molecule has 2 heterocycles. The Morgan fingerprint density at radius 2 is 2.33 bits per heavy atom. The van der Waals surface area contributed by atoms with Crippen LogP contribution in [-0.4, -0.2) is 62.9 Å². The van der Waals surface area contributed by atoms with Crippen LogP contribution in [0.1, 0.15) is 20.8 Å². The van der Waals surface area contributed by atoms with Gasteiger partial charge < -0.3 is 0 Å². The summed E-state index contributed by atoms with van der Waals surface area (Å²) < 4.78 is 1.92. The van der Waals surface area contributed by atoms with Gasteiger partial charge in [-0.05, 0) is 0 Å². The van der Waals surface area contributed by atoms with E-state index >= 15 is 0 Å². The Balaban J connectivity index is 2.08. The fourth-order valence-electron chi connectivity index (χ4n) is 2.25. The Hall–Kier alpha value is -0.491. The van der Waals surface area contributed by atoms with E-state index in [9.17, 15) is 4.79 Å². The summed E-state index contributed by atoms with van der Waals surface area (Å²) in [6, 6.07) is 0.103. The number of hydroxylamine groups is 2. The molecular formula is C13H20N2O2Sn. The van der Waals surface area contributed by atoms with Crippen molar-refractivity contribution in [2.45, 2.75) is 30.2 Å². The van der Waals surface area contributed by atoms with Crippen molar-refractivity contribution >= 4 is 27.2 Å². The monoisotopic (exact) mass is 356 g/mol. The molecular weight excluding hydrogens is 335 g/mol. The zero-order valence-electron chi connectivity index (χ0n) is 11.3. The van der Waals surface area contributed by atoms with E-state index in [1.165, 1.54) is 8.65 Å². The number of rotatable bonds is 4. The summed E-state index contributed by atoms with van der Waals surface area (Å²) >= 11 is -0.619. The minimum absolute atomic E-state index is 0.00128. The Labute approximate surface area is 119 Å². The maximum absolute atomic E-state index is 12.1. The normalized spacial score (nSPS) is 23.4. The zero-order chi connectivity index (χ0) is 13.3. The van der Waals surface area contributed by atoms with Crippen molar-refractivity contribution in [1.29, 1.82) is 0 Å². The van der Waals surface area contributed by atoms with Gasteiger partial charge in [-0.2, -0.15) is 0 Å². The summed E-state index contributed by atoms with van der Waals surface area (Å²) in [5, 5.41) is 1.51. The molecule has 1 unspecified atom stereocenters. The standard InChI is InChI=1S/C9H11N2O2.C4H9.Sn/c1-2-6-13-11-8-4-3-5-10(7-8)9(11)12;1-4(2)3;/h2,4,8H,1,5-7H2;1-3H3;. The topological polar surface area (TPSA) is 32.8 Å². The predicted octanol–water partition coefficient (Wildman–Crippen LogP) is 2.03. The Kier molecular flexibility index (Phi) is 4.06. The fourth-order valence-corrected chi connectivity index (χ4v) is 6.56. The predicted molar refractivity (Wildman–Crippen MR) is 72.3 cm³/mol. The molecule has 0 aromatic heterocycles. The van der Waals surface area contributed by atoms with Crippen LogP contribution in [0.25, 0.3) is 0 Å². The Bertz CT molecular complexity index is 387. The third-order valence-corrected chi connectivity index (χ3v) is 6.77. The number of hydrogen-bond donors (Lipinski definition) is 0. The molecule has 2 bridgehead atoms. The van der Waals surface area contributed by atoms with Crippen LogP contribution >= 0.6 is 0 Å². The molecule has 1 saturated heterocycles. The van der Waals surface area contributed by atoms with Crippen molar-refractivity contribution < 1.29 is 9.63 Å². The molecule has 0 aromatic rings. The maximum atomic E-state index is 12.1. The van der Waals surface area contributed by atoms with E-state index in [1.807, 2.05) is 4.90 Å². The molecule has 98 valence electrons. The quantitative estimate of drug-likeness (QED) is 0.571. The van der Waals surface area contributed by atoms with E-state index < -0.39 is 21.1 Å². The molecule has 0 saturated carbocycles. The van der Waals surface area contributed by atoms with Crippen LogP contribution in [0.5, 0.6) is 0 Å². The molecule has 1 atom stereocenters. The molecule has 2 amide bonds. The van der Waals surface area contributed by atoms with Crippen molar-refractivity contribution in [3.8, 4) is 0 Å². The van der Waals surface area contributed by atoms with Crippen molar-refractivity contribution in [1.82, 2.24) is 9.96 Å². The van der Waals surface area contributed by atoms with E-state index in [1.54, 1.807) is 6.08 Å². The molecule has 1 fully saturated rings. The van der Waals surface area contributed by atoms with Gasteiger partial charge in [0.2, 0.25) is 0 Å².